The number of esters is 1. The minimum absolute atomic E-state index is 0.0486. The SMILES string of the molecule is O=C(OCc1ccccc1)[C@H](COC(c1ccccc1)(c1ccccc1)c1ccccc1)[C@H](O)CCc1cccc(CCCc2ccccc2)c1. The molecule has 0 saturated carbocycles. The van der Waals surface area contributed by atoms with E-state index in [4.69, 9.17) is 9.47 Å². The van der Waals surface area contributed by atoms with Crippen molar-refractivity contribution in [2.24, 2.45) is 5.92 Å². The second-order valence-corrected chi connectivity index (χ2v) is 13.1. The summed E-state index contributed by atoms with van der Waals surface area (Å²) in [5.41, 5.74) is 6.40. The van der Waals surface area contributed by atoms with Crippen molar-refractivity contribution in [2.45, 2.75) is 50.4 Å². The Kier molecular flexibility index (Phi) is 12.6. The van der Waals surface area contributed by atoms with Crippen LogP contribution in [0.5, 0.6) is 0 Å². The predicted molar refractivity (Wildman–Crippen MR) is 204 cm³/mol. The van der Waals surface area contributed by atoms with Crippen molar-refractivity contribution >= 4 is 5.97 Å². The molecule has 4 heteroatoms. The first-order chi connectivity index (χ1) is 25.1. The first kappa shape index (κ1) is 35.5. The molecule has 0 amide bonds. The van der Waals surface area contributed by atoms with E-state index < -0.39 is 23.6 Å². The van der Waals surface area contributed by atoms with Crippen molar-refractivity contribution in [1.82, 2.24) is 0 Å². The summed E-state index contributed by atoms with van der Waals surface area (Å²) in [7, 11) is 0. The fourth-order valence-electron chi connectivity index (χ4n) is 6.75. The van der Waals surface area contributed by atoms with Crippen LogP contribution in [0.15, 0.2) is 176 Å². The lowest BCUT2D eigenvalue weighted by Crippen LogP contribution is -2.40. The Morgan fingerprint density at radius 1 is 0.529 bits per heavy atom. The Labute approximate surface area is 302 Å². The fourth-order valence-corrected chi connectivity index (χ4v) is 6.75. The van der Waals surface area contributed by atoms with Crippen molar-refractivity contribution in [3.63, 3.8) is 0 Å². The van der Waals surface area contributed by atoms with Gasteiger partial charge in [-0.05, 0) is 71.0 Å². The largest absolute Gasteiger partial charge is 0.460 e. The summed E-state index contributed by atoms with van der Waals surface area (Å²) in [5, 5.41) is 11.8. The zero-order valence-electron chi connectivity index (χ0n) is 29.0. The summed E-state index contributed by atoms with van der Waals surface area (Å²) >= 11 is 0. The standard InChI is InChI=1S/C47H46O4/c48-45(33-32-39-25-17-24-38(34-39)23-16-22-37-18-6-1-7-19-37)44(46(49)50-35-40-20-8-2-9-21-40)36-51-47(41-26-10-3-11-27-41,42-28-12-4-13-29-42)43-30-14-5-15-31-43/h1-15,17-21,24-31,34,44-45,48H,16,22-23,32-33,35-36H2/t44-,45-/m1/s1. The van der Waals surface area contributed by atoms with Gasteiger partial charge in [-0.1, -0.05) is 176 Å². The number of ether oxygens (including phenoxy) is 2. The maximum Gasteiger partial charge on any atom is 0.314 e. The van der Waals surface area contributed by atoms with Crippen molar-refractivity contribution in [3.8, 4) is 0 Å². The summed E-state index contributed by atoms with van der Waals surface area (Å²) < 4.78 is 12.9. The molecule has 6 aromatic carbocycles. The highest BCUT2D eigenvalue weighted by Gasteiger charge is 2.40. The molecule has 0 aliphatic carbocycles. The van der Waals surface area contributed by atoms with E-state index in [9.17, 15) is 9.90 Å². The Hall–Kier alpha value is -5.29. The molecule has 0 unspecified atom stereocenters. The van der Waals surface area contributed by atoms with Crippen molar-refractivity contribution in [3.05, 3.63) is 215 Å². The van der Waals surface area contributed by atoms with Crippen LogP contribution < -0.4 is 0 Å². The molecule has 2 atom stereocenters. The quantitative estimate of drug-likeness (QED) is 0.0774. The first-order valence-corrected chi connectivity index (χ1v) is 17.9. The number of aryl methyl sites for hydroxylation is 3. The van der Waals surface area contributed by atoms with E-state index in [2.05, 4.69) is 48.5 Å². The van der Waals surface area contributed by atoms with Gasteiger partial charge in [0.15, 0.2) is 0 Å². The number of hydrogen-bond donors (Lipinski definition) is 1. The summed E-state index contributed by atoms with van der Waals surface area (Å²) in [5.74, 6) is -1.40. The molecule has 6 aromatic rings. The van der Waals surface area contributed by atoms with Crippen LogP contribution in [-0.4, -0.2) is 23.8 Å². The maximum absolute atomic E-state index is 13.9. The molecule has 0 fully saturated rings. The van der Waals surface area contributed by atoms with Gasteiger partial charge in [0.1, 0.15) is 18.1 Å². The molecule has 0 bridgehead atoms. The van der Waals surface area contributed by atoms with Crippen molar-refractivity contribution < 1.29 is 19.4 Å². The Morgan fingerprint density at radius 2 is 0.961 bits per heavy atom. The molecule has 4 nitrogen and oxygen atoms in total. The van der Waals surface area contributed by atoms with Gasteiger partial charge in [-0.25, -0.2) is 0 Å². The van der Waals surface area contributed by atoms with Crippen molar-refractivity contribution in [1.29, 1.82) is 0 Å². The van der Waals surface area contributed by atoms with Crippen LogP contribution in [0.4, 0.5) is 0 Å². The van der Waals surface area contributed by atoms with Gasteiger partial charge in [0.05, 0.1) is 12.7 Å². The second kappa shape index (κ2) is 18.1. The third kappa shape index (κ3) is 9.49. The van der Waals surface area contributed by atoms with Gasteiger partial charge in [-0.15, -0.1) is 0 Å². The molecule has 51 heavy (non-hydrogen) atoms. The first-order valence-electron chi connectivity index (χ1n) is 17.9. The monoisotopic (exact) mass is 674 g/mol. The van der Waals surface area contributed by atoms with E-state index in [0.29, 0.717) is 12.8 Å². The van der Waals surface area contributed by atoms with Crippen molar-refractivity contribution in [2.75, 3.05) is 6.61 Å². The second-order valence-electron chi connectivity index (χ2n) is 13.1. The van der Waals surface area contributed by atoms with Gasteiger partial charge in [0, 0.05) is 0 Å². The van der Waals surface area contributed by atoms with E-state index in [1.54, 1.807) is 0 Å². The normalized spacial score (nSPS) is 12.6. The molecule has 0 aliphatic heterocycles. The van der Waals surface area contributed by atoms with Gasteiger partial charge in [0.2, 0.25) is 0 Å². The average molecular weight is 675 g/mol. The summed E-state index contributed by atoms with van der Waals surface area (Å²) in [6, 6.07) is 59.0. The number of hydrogen-bond acceptors (Lipinski definition) is 4. The van der Waals surface area contributed by atoms with Crippen LogP contribution in [0, 0.1) is 5.92 Å². The van der Waals surface area contributed by atoms with Gasteiger partial charge in [0.25, 0.3) is 0 Å². The summed E-state index contributed by atoms with van der Waals surface area (Å²) in [4.78, 5) is 13.9. The molecule has 1 N–H and O–H groups in total. The maximum atomic E-state index is 13.9. The van der Waals surface area contributed by atoms with Crippen LogP contribution in [0.1, 0.15) is 51.8 Å². The van der Waals surface area contributed by atoms with Crippen LogP contribution in [0.2, 0.25) is 0 Å². The third-order valence-electron chi connectivity index (χ3n) is 9.51. The van der Waals surface area contributed by atoms with Gasteiger partial charge < -0.3 is 14.6 Å². The minimum Gasteiger partial charge on any atom is -0.460 e. The van der Waals surface area contributed by atoms with Crippen LogP contribution in [0.3, 0.4) is 0 Å². The predicted octanol–water partition coefficient (Wildman–Crippen LogP) is 9.52. The molecule has 0 saturated heterocycles. The fraction of sp³-hybridized carbons (Fsp3) is 0.213. The molecule has 0 spiro atoms. The molecule has 0 aromatic heterocycles. The Morgan fingerprint density at radius 3 is 1.49 bits per heavy atom. The number of carbonyl (C=O) groups excluding carboxylic acids is 1. The summed E-state index contributed by atoms with van der Waals surface area (Å²) in [6.07, 6.45) is 3.10. The molecular weight excluding hydrogens is 629 g/mol. The van der Waals surface area contributed by atoms with Gasteiger partial charge >= 0.3 is 5.97 Å². The lowest BCUT2D eigenvalue weighted by molar-refractivity contribution is -0.159. The number of benzene rings is 6. The third-order valence-corrected chi connectivity index (χ3v) is 9.51. The van der Waals surface area contributed by atoms with Gasteiger partial charge in [-0.3, -0.25) is 4.79 Å². The molecule has 0 heterocycles. The number of carbonyl (C=O) groups is 1. The average Bonchev–Trinajstić information content (AvgIpc) is 3.20. The lowest BCUT2D eigenvalue weighted by Gasteiger charge is -2.37. The van der Waals surface area contributed by atoms with E-state index >= 15 is 0 Å². The topological polar surface area (TPSA) is 55.8 Å². The highest BCUT2D eigenvalue weighted by atomic mass is 16.5. The van der Waals surface area contributed by atoms with Crippen LogP contribution >= 0.6 is 0 Å². The van der Waals surface area contributed by atoms with E-state index in [1.807, 2.05) is 127 Å². The molecule has 6 rings (SSSR count). The van der Waals surface area contributed by atoms with Gasteiger partial charge in [-0.2, -0.15) is 0 Å². The molecule has 0 radical (unpaired) electrons. The highest BCUT2D eigenvalue weighted by molar-refractivity contribution is 5.73. The van der Waals surface area contributed by atoms with E-state index in [1.165, 1.54) is 11.1 Å². The zero-order chi connectivity index (χ0) is 35.1. The Balaban J connectivity index is 1.23. The molecule has 258 valence electrons. The number of aliphatic hydroxyl groups is 1. The Bertz CT molecular complexity index is 1800. The van der Waals surface area contributed by atoms with E-state index in [0.717, 1.165) is 47.1 Å². The lowest BCUT2D eigenvalue weighted by atomic mass is 9.80. The van der Waals surface area contributed by atoms with E-state index in [-0.39, 0.29) is 13.2 Å². The van der Waals surface area contributed by atoms with Crippen LogP contribution in [-0.2, 0) is 45.7 Å². The van der Waals surface area contributed by atoms with Crippen LogP contribution in [0.25, 0.3) is 0 Å². The molecule has 0 aliphatic rings. The number of rotatable bonds is 17. The smallest absolute Gasteiger partial charge is 0.314 e. The number of aliphatic hydroxyl groups excluding tert-OH is 1. The zero-order valence-corrected chi connectivity index (χ0v) is 29.0. The highest BCUT2D eigenvalue weighted by Crippen LogP contribution is 2.41. The molecular formula is C47H46O4. The minimum atomic E-state index is -1.03. The summed E-state index contributed by atoms with van der Waals surface area (Å²) in [6.45, 7) is 0.0715.